The lowest BCUT2D eigenvalue weighted by Crippen LogP contribution is -1.97. The van der Waals surface area contributed by atoms with Crippen LogP contribution in [0.5, 0.6) is 5.75 Å². The van der Waals surface area contributed by atoms with E-state index in [1.54, 1.807) is 6.08 Å². The third-order valence-electron chi connectivity index (χ3n) is 3.28. The van der Waals surface area contributed by atoms with Gasteiger partial charge in [0, 0.05) is 10.0 Å². The molecule has 1 aliphatic rings. The summed E-state index contributed by atoms with van der Waals surface area (Å²) in [7, 11) is 0. The Morgan fingerprint density at radius 2 is 2.04 bits per heavy atom. The molecule has 0 bridgehead atoms. The number of rotatable bonds is 4. The van der Waals surface area contributed by atoms with Gasteiger partial charge in [-0.2, -0.15) is 0 Å². The van der Waals surface area contributed by atoms with Crippen LogP contribution in [0.3, 0.4) is 0 Å². The molecule has 0 atom stereocenters. The second kappa shape index (κ2) is 8.05. The highest BCUT2D eigenvalue weighted by molar-refractivity contribution is 9.10. The Kier molecular flexibility index (Phi) is 5.81. The fourth-order valence-corrected chi connectivity index (χ4v) is 3.76. The topological polar surface area (TPSA) is 38.7 Å². The molecule has 0 amide bonds. The van der Waals surface area contributed by atoms with Gasteiger partial charge in [-0.05, 0) is 47.9 Å². The van der Waals surface area contributed by atoms with E-state index < -0.39 is 0 Å². The number of thioether (sulfide) groups is 2. The number of aliphatic imine (C=N–C) groups is 1. The van der Waals surface area contributed by atoms with Crippen molar-refractivity contribution in [3.05, 3.63) is 69.8 Å². The number of carbonyl (C=O) groups excluding carboxylic acids is 1. The minimum absolute atomic E-state index is 0.0339. The van der Waals surface area contributed by atoms with E-state index in [1.165, 1.54) is 23.5 Å². The molecule has 2 aromatic rings. The normalized spacial score (nSPS) is 15.7. The van der Waals surface area contributed by atoms with Crippen LogP contribution in [0.2, 0.25) is 0 Å². The first-order valence-electron chi connectivity index (χ1n) is 7.18. The van der Waals surface area contributed by atoms with Crippen molar-refractivity contribution in [1.29, 1.82) is 0 Å². The molecule has 2 aromatic carbocycles. The Morgan fingerprint density at radius 1 is 1.25 bits per heavy atom. The zero-order chi connectivity index (χ0) is 16.9. The molecule has 24 heavy (non-hydrogen) atoms. The van der Waals surface area contributed by atoms with Gasteiger partial charge in [0.25, 0.3) is 0 Å². The molecule has 0 unspecified atom stereocenters. The van der Waals surface area contributed by atoms with E-state index >= 15 is 0 Å². The van der Waals surface area contributed by atoms with Crippen LogP contribution in [0.25, 0.3) is 6.08 Å². The van der Waals surface area contributed by atoms with Crippen LogP contribution in [0.4, 0.5) is 0 Å². The Morgan fingerprint density at radius 3 is 2.75 bits per heavy atom. The fourth-order valence-electron chi connectivity index (χ4n) is 2.12. The van der Waals surface area contributed by atoms with Crippen LogP contribution < -0.4 is 4.74 Å². The maximum atomic E-state index is 12.0. The first-order chi connectivity index (χ1) is 11.7. The molecule has 6 heteroatoms. The zero-order valence-corrected chi connectivity index (χ0v) is 16.1. The van der Waals surface area contributed by atoms with Crippen molar-refractivity contribution in [2.24, 2.45) is 4.99 Å². The Hall–Kier alpha value is -1.50. The van der Waals surface area contributed by atoms with Crippen molar-refractivity contribution in [2.45, 2.75) is 6.61 Å². The van der Waals surface area contributed by atoms with Crippen LogP contribution in [0.15, 0.2) is 63.7 Å². The van der Waals surface area contributed by atoms with Crippen LogP contribution >= 0.6 is 39.5 Å². The zero-order valence-electron chi connectivity index (χ0n) is 12.9. The Balaban J connectivity index is 1.86. The average Bonchev–Trinajstić information content (AvgIpc) is 2.95. The number of nitrogens with zero attached hydrogens (tertiary/aromatic N) is 1. The lowest BCUT2D eigenvalue weighted by Gasteiger charge is -2.10. The highest BCUT2D eigenvalue weighted by atomic mass is 79.9. The first-order valence-corrected chi connectivity index (χ1v) is 10.0. The minimum atomic E-state index is -0.0339. The number of benzene rings is 2. The summed E-state index contributed by atoms with van der Waals surface area (Å²) in [4.78, 5) is 16.4. The number of ether oxygens (including phenoxy) is 1. The molecule has 0 spiro atoms. The molecular weight excluding hydrogens is 406 g/mol. The summed E-state index contributed by atoms with van der Waals surface area (Å²) in [5, 5.41) is -0.0339. The van der Waals surface area contributed by atoms with Crippen LogP contribution in [0.1, 0.15) is 11.1 Å². The monoisotopic (exact) mass is 419 g/mol. The van der Waals surface area contributed by atoms with Gasteiger partial charge in [-0.3, -0.25) is 4.79 Å². The van der Waals surface area contributed by atoms with Gasteiger partial charge >= 0.3 is 0 Å². The average molecular weight is 420 g/mol. The molecule has 0 aromatic heterocycles. The fraction of sp³-hybridized carbons (Fsp3) is 0.111. The summed E-state index contributed by atoms with van der Waals surface area (Å²) in [6.45, 7) is 0.473. The van der Waals surface area contributed by atoms with E-state index in [9.17, 15) is 4.79 Å². The van der Waals surface area contributed by atoms with Gasteiger partial charge in [-0.1, -0.05) is 46.3 Å². The predicted molar refractivity (Wildman–Crippen MR) is 106 cm³/mol. The lowest BCUT2D eigenvalue weighted by molar-refractivity contribution is -0.107. The number of carbonyl (C=O) groups is 1. The molecule has 3 nitrogen and oxygen atoms in total. The second-order valence-corrected chi connectivity index (χ2v) is 7.89. The van der Waals surface area contributed by atoms with Crippen LogP contribution in [0, 0.1) is 0 Å². The number of hydrogen-bond acceptors (Lipinski definition) is 5. The summed E-state index contributed by atoms with van der Waals surface area (Å²) in [6.07, 6.45) is 3.69. The standard InChI is InChI=1S/C18H14BrNO2S2/c1-23-18-20-15(17(21)24-18)10-13-9-14(19)7-8-16(13)22-11-12-5-3-2-4-6-12/h2-10H,11H2,1H3/b15-10+. The molecule has 0 N–H and O–H groups in total. The Labute approximate surface area is 157 Å². The molecule has 3 rings (SSSR count). The molecule has 122 valence electrons. The van der Waals surface area contributed by atoms with E-state index in [2.05, 4.69) is 20.9 Å². The molecule has 0 aliphatic carbocycles. The van der Waals surface area contributed by atoms with Gasteiger partial charge in [-0.15, -0.1) is 11.8 Å². The maximum absolute atomic E-state index is 12.0. The van der Waals surface area contributed by atoms with Crippen molar-refractivity contribution in [2.75, 3.05) is 6.26 Å². The smallest absolute Gasteiger partial charge is 0.244 e. The van der Waals surface area contributed by atoms with Gasteiger partial charge in [0.2, 0.25) is 5.12 Å². The highest BCUT2D eigenvalue weighted by Crippen LogP contribution is 2.32. The lowest BCUT2D eigenvalue weighted by atomic mass is 10.1. The molecule has 0 saturated heterocycles. The molecule has 0 saturated carbocycles. The van der Waals surface area contributed by atoms with Crippen LogP contribution in [-0.4, -0.2) is 15.7 Å². The van der Waals surface area contributed by atoms with Crippen LogP contribution in [-0.2, 0) is 11.4 Å². The third-order valence-corrected chi connectivity index (χ3v) is 5.62. The number of halogens is 1. The first kappa shape index (κ1) is 17.3. The van der Waals surface area contributed by atoms with E-state index in [0.717, 1.165) is 25.7 Å². The van der Waals surface area contributed by atoms with Crippen molar-refractivity contribution >= 4 is 55.0 Å². The van der Waals surface area contributed by atoms with E-state index in [1.807, 2.05) is 54.8 Å². The summed E-state index contributed by atoms with van der Waals surface area (Å²) in [5.74, 6) is 0.722. The Bertz CT molecular complexity index is 819. The van der Waals surface area contributed by atoms with Crippen molar-refractivity contribution in [3.63, 3.8) is 0 Å². The number of hydrogen-bond donors (Lipinski definition) is 0. The summed E-state index contributed by atoms with van der Waals surface area (Å²) >= 11 is 6.11. The van der Waals surface area contributed by atoms with Crippen molar-refractivity contribution in [3.8, 4) is 5.75 Å². The van der Waals surface area contributed by atoms with E-state index in [0.29, 0.717) is 12.3 Å². The summed E-state index contributed by atoms with van der Waals surface area (Å²) < 4.78 is 7.64. The van der Waals surface area contributed by atoms with Gasteiger partial charge in [0.1, 0.15) is 22.4 Å². The highest BCUT2D eigenvalue weighted by Gasteiger charge is 2.21. The minimum Gasteiger partial charge on any atom is -0.488 e. The molecule has 0 radical (unpaired) electrons. The largest absolute Gasteiger partial charge is 0.488 e. The second-order valence-electron chi connectivity index (χ2n) is 4.96. The van der Waals surface area contributed by atoms with Crippen molar-refractivity contribution in [1.82, 2.24) is 0 Å². The van der Waals surface area contributed by atoms with Gasteiger partial charge in [0.05, 0.1) is 0 Å². The summed E-state index contributed by atoms with van der Waals surface area (Å²) in [6, 6.07) is 15.7. The molecular formula is C18H14BrNO2S2. The van der Waals surface area contributed by atoms with E-state index in [4.69, 9.17) is 4.74 Å². The molecule has 1 aliphatic heterocycles. The SMILES string of the molecule is CSC1=N/C(=C/c2cc(Br)ccc2OCc2ccccc2)C(=O)S1. The van der Waals surface area contributed by atoms with Crippen molar-refractivity contribution < 1.29 is 9.53 Å². The summed E-state index contributed by atoms with van der Waals surface area (Å²) in [5.41, 5.74) is 2.37. The van der Waals surface area contributed by atoms with E-state index in [-0.39, 0.29) is 5.12 Å². The predicted octanol–water partition coefficient (Wildman–Crippen LogP) is 5.36. The van der Waals surface area contributed by atoms with Gasteiger partial charge in [0.15, 0.2) is 0 Å². The third kappa shape index (κ3) is 4.32. The van der Waals surface area contributed by atoms with Gasteiger partial charge < -0.3 is 4.74 Å². The quantitative estimate of drug-likeness (QED) is 0.624. The van der Waals surface area contributed by atoms with Gasteiger partial charge in [-0.25, -0.2) is 4.99 Å². The molecule has 0 fully saturated rings. The molecule has 1 heterocycles. The maximum Gasteiger partial charge on any atom is 0.244 e.